The lowest BCUT2D eigenvalue weighted by Gasteiger charge is -2.35. The van der Waals surface area contributed by atoms with Gasteiger partial charge in [-0.25, -0.2) is 0 Å². The number of hydrogen-bond acceptors (Lipinski definition) is 2. The molecule has 1 aliphatic carbocycles. The zero-order valence-electron chi connectivity index (χ0n) is 12.1. The maximum atomic E-state index is 11.9. The summed E-state index contributed by atoms with van der Waals surface area (Å²) in [6, 6.07) is 7.77. The molecule has 114 valence electrons. The summed E-state index contributed by atoms with van der Waals surface area (Å²) in [6.07, 6.45) is 8.86. The number of halogens is 1. The van der Waals surface area contributed by atoms with Crippen LogP contribution in [0.5, 0.6) is 0 Å². The molecule has 2 rings (SSSR count). The Labute approximate surface area is 134 Å². The number of benzene rings is 1. The van der Waals surface area contributed by atoms with E-state index in [4.69, 9.17) is 0 Å². The molecule has 0 aromatic heterocycles. The smallest absolute Gasteiger partial charge is 0.244 e. The molecule has 1 aromatic rings. The number of nitrogens with one attached hydrogen (secondary N) is 1. The third-order valence-corrected chi connectivity index (χ3v) is 4.93. The third kappa shape index (κ3) is 4.68. The van der Waals surface area contributed by atoms with Crippen molar-refractivity contribution in [3.63, 3.8) is 0 Å². The first-order valence-corrected chi connectivity index (χ1v) is 8.26. The lowest BCUT2D eigenvalue weighted by Crippen LogP contribution is -2.40. The van der Waals surface area contributed by atoms with Crippen molar-refractivity contribution in [3.05, 3.63) is 40.4 Å². The van der Waals surface area contributed by atoms with Crippen LogP contribution < -0.4 is 5.32 Å². The summed E-state index contributed by atoms with van der Waals surface area (Å²) in [5.41, 5.74) is 0.858. The molecule has 1 fully saturated rings. The van der Waals surface area contributed by atoms with Crippen LogP contribution in [0.25, 0.3) is 6.08 Å². The Balaban J connectivity index is 1.88. The molecule has 0 unspecified atom stereocenters. The fourth-order valence-corrected chi connectivity index (χ4v) is 3.22. The first-order chi connectivity index (χ1) is 10.2. The molecule has 1 aliphatic rings. The van der Waals surface area contributed by atoms with E-state index < -0.39 is 0 Å². The van der Waals surface area contributed by atoms with E-state index >= 15 is 0 Å². The van der Waals surface area contributed by atoms with Crippen LogP contribution in [-0.2, 0) is 4.79 Å². The molecule has 3 nitrogen and oxygen atoms in total. The summed E-state index contributed by atoms with van der Waals surface area (Å²) in [5.74, 6) is -0.107. The molecule has 0 atom stereocenters. The van der Waals surface area contributed by atoms with Crippen LogP contribution in [0.3, 0.4) is 0 Å². The average Bonchev–Trinajstić information content (AvgIpc) is 2.53. The first-order valence-electron chi connectivity index (χ1n) is 7.47. The van der Waals surface area contributed by atoms with Gasteiger partial charge in [-0.1, -0.05) is 53.4 Å². The Morgan fingerprint density at radius 2 is 2.00 bits per heavy atom. The fraction of sp³-hybridized carbons (Fsp3) is 0.471. The van der Waals surface area contributed by atoms with Crippen molar-refractivity contribution < 1.29 is 9.90 Å². The average molecular weight is 352 g/mol. The predicted octanol–water partition coefficient (Wildman–Crippen LogP) is 3.52. The van der Waals surface area contributed by atoms with Gasteiger partial charge < -0.3 is 10.4 Å². The Morgan fingerprint density at radius 1 is 1.29 bits per heavy atom. The van der Waals surface area contributed by atoms with Gasteiger partial charge in [0.15, 0.2) is 0 Å². The molecular weight excluding hydrogens is 330 g/mol. The van der Waals surface area contributed by atoms with Gasteiger partial charge in [0.1, 0.15) is 0 Å². The molecule has 2 N–H and O–H groups in total. The molecule has 0 heterocycles. The van der Waals surface area contributed by atoms with Crippen molar-refractivity contribution in [2.24, 2.45) is 5.41 Å². The van der Waals surface area contributed by atoms with E-state index in [9.17, 15) is 9.90 Å². The van der Waals surface area contributed by atoms with Crippen molar-refractivity contribution in [1.29, 1.82) is 0 Å². The fourth-order valence-electron chi connectivity index (χ4n) is 2.80. The second-order valence-electron chi connectivity index (χ2n) is 5.79. The van der Waals surface area contributed by atoms with E-state index in [1.54, 1.807) is 12.2 Å². The highest BCUT2D eigenvalue weighted by Gasteiger charge is 2.31. The van der Waals surface area contributed by atoms with E-state index in [1.165, 1.54) is 6.42 Å². The quantitative estimate of drug-likeness (QED) is 0.797. The van der Waals surface area contributed by atoms with Gasteiger partial charge in [-0.3, -0.25) is 4.79 Å². The molecule has 1 amide bonds. The van der Waals surface area contributed by atoms with Crippen LogP contribution in [0.2, 0.25) is 0 Å². The Hall–Kier alpha value is -1.13. The molecular formula is C17H22BrNO2. The second kappa shape index (κ2) is 7.76. The predicted molar refractivity (Wildman–Crippen MR) is 88.8 cm³/mol. The maximum Gasteiger partial charge on any atom is 0.244 e. The molecule has 4 heteroatoms. The van der Waals surface area contributed by atoms with Gasteiger partial charge >= 0.3 is 0 Å². The van der Waals surface area contributed by atoms with Crippen LogP contribution in [0.1, 0.15) is 37.7 Å². The van der Waals surface area contributed by atoms with Crippen LogP contribution in [0, 0.1) is 5.41 Å². The van der Waals surface area contributed by atoms with Gasteiger partial charge in [0.2, 0.25) is 5.91 Å². The Morgan fingerprint density at radius 3 is 2.67 bits per heavy atom. The van der Waals surface area contributed by atoms with E-state index in [-0.39, 0.29) is 17.9 Å². The highest BCUT2D eigenvalue weighted by molar-refractivity contribution is 9.10. The number of aliphatic hydroxyl groups excluding tert-OH is 1. The second-order valence-corrected chi connectivity index (χ2v) is 6.65. The maximum absolute atomic E-state index is 11.9. The van der Waals surface area contributed by atoms with Crippen molar-refractivity contribution in [3.8, 4) is 0 Å². The monoisotopic (exact) mass is 351 g/mol. The van der Waals surface area contributed by atoms with Crippen molar-refractivity contribution in [2.45, 2.75) is 32.1 Å². The molecule has 21 heavy (non-hydrogen) atoms. The summed E-state index contributed by atoms with van der Waals surface area (Å²) in [6.45, 7) is 0.712. The highest BCUT2D eigenvalue weighted by Crippen LogP contribution is 2.35. The highest BCUT2D eigenvalue weighted by atomic mass is 79.9. The van der Waals surface area contributed by atoms with E-state index in [2.05, 4.69) is 21.2 Å². The lowest BCUT2D eigenvalue weighted by atomic mass is 9.74. The molecule has 1 saturated carbocycles. The van der Waals surface area contributed by atoms with Gasteiger partial charge in [-0.15, -0.1) is 0 Å². The minimum absolute atomic E-state index is 0.107. The molecule has 0 spiro atoms. The summed E-state index contributed by atoms with van der Waals surface area (Å²) >= 11 is 3.45. The summed E-state index contributed by atoms with van der Waals surface area (Å²) in [4.78, 5) is 11.9. The zero-order chi connectivity index (χ0) is 15.1. The largest absolute Gasteiger partial charge is 0.396 e. The minimum atomic E-state index is -0.116. The van der Waals surface area contributed by atoms with Crippen LogP contribution in [0.4, 0.5) is 0 Å². The van der Waals surface area contributed by atoms with Gasteiger partial charge in [0.25, 0.3) is 0 Å². The zero-order valence-corrected chi connectivity index (χ0v) is 13.7. The van der Waals surface area contributed by atoms with Gasteiger partial charge in [0.05, 0.1) is 6.61 Å². The van der Waals surface area contributed by atoms with Crippen LogP contribution in [0.15, 0.2) is 34.8 Å². The topological polar surface area (TPSA) is 49.3 Å². The van der Waals surface area contributed by atoms with Crippen molar-refractivity contribution >= 4 is 27.9 Å². The van der Waals surface area contributed by atoms with E-state index in [1.807, 2.05) is 24.3 Å². The molecule has 0 radical (unpaired) electrons. The third-order valence-electron chi connectivity index (χ3n) is 4.21. The normalized spacial score (nSPS) is 17.8. The number of rotatable bonds is 5. The van der Waals surface area contributed by atoms with Gasteiger partial charge in [0, 0.05) is 22.5 Å². The summed E-state index contributed by atoms with van der Waals surface area (Å²) < 4.78 is 0.966. The Kier molecular flexibility index (Phi) is 6.00. The molecule has 1 aromatic carbocycles. The Bertz CT molecular complexity index is 507. The minimum Gasteiger partial charge on any atom is -0.396 e. The number of carbonyl (C=O) groups excluding carboxylic acids is 1. The summed E-state index contributed by atoms with van der Waals surface area (Å²) in [5, 5.41) is 12.6. The lowest BCUT2D eigenvalue weighted by molar-refractivity contribution is -0.117. The first kappa shape index (κ1) is 16.2. The molecule has 0 saturated heterocycles. The summed E-state index contributed by atoms with van der Waals surface area (Å²) in [7, 11) is 0. The van der Waals surface area contributed by atoms with Crippen molar-refractivity contribution in [1.82, 2.24) is 5.32 Å². The molecule has 0 aliphatic heterocycles. The van der Waals surface area contributed by atoms with E-state index in [0.29, 0.717) is 6.54 Å². The van der Waals surface area contributed by atoms with Crippen molar-refractivity contribution in [2.75, 3.05) is 13.2 Å². The number of hydrogen-bond donors (Lipinski definition) is 2. The number of aliphatic hydroxyl groups is 1. The number of amides is 1. The SMILES string of the molecule is O=C(/C=C/c1ccccc1Br)NCC1(CO)CCCCC1. The molecule has 0 bridgehead atoms. The van der Waals surface area contributed by atoms with Gasteiger partial charge in [-0.05, 0) is 30.5 Å². The number of carbonyl (C=O) groups is 1. The van der Waals surface area contributed by atoms with E-state index in [0.717, 1.165) is 35.7 Å². The standard InChI is InChI=1S/C17H22BrNO2/c18-15-7-3-2-6-14(15)8-9-16(21)19-12-17(13-20)10-4-1-5-11-17/h2-3,6-9,20H,1,4-5,10-13H2,(H,19,21)/b9-8+. The van der Waals surface area contributed by atoms with Crippen LogP contribution >= 0.6 is 15.9 Å². The van der Waals surface area contributed by atoms with Gasteiger partial charge in [-0.2, -0.15) is 0 Å². The van der Waals surface area contributed by atoms with Crippen LogP contribution in [-0.4, -0.2) is 24.2 Å².